The Morgan fingerprint density at radius 3 is 2.52 bits per heavy atom. The lowest BCUT2D eigenvalue weighted by molar-refractivity contribution is 0.415. The van der Waals surface area contributed by atoms with Crippen molar-refractivity contribution in [3.8, 4) is 17.0 Å². The number of hydrogen-bond acceptors (Lipinski definition) is 3. The van der Waals surface area contributed by atoms with Crippen LogP contribution in [0.5, 0.6) is 5.75 Å². The SMILES string of the molecule is CCCNC(CC)c1ccc(-c2ncccc2OC)cc1. The Balaban J connectivity index is 2.22. The van der Waals surface area contributed by atoms with Crippen molar-refractivity contribution in [2.24, 2.45) is 0 Å². The van der Waals surface area contributed by atoms with Gasteiger partial charge in [0.2, 0.25) is 0 Å². The van der Waals surface area contributed by atoms with Crippen LogP contribution in [0.25, 0.3) is 11.3 Å². The molecule has 0 saturated carbocycles. The van der Waals surface area contributed by atoms with Gasteiger partial charge in [0.15, 0.2) is 0 Å². The highest BCUT2D eigenvalue weighted by Gasteiger charge is 2.10. The van der Waals surface area contributed by atoms with Crippen LogP contribution in [0.2, 0.25) is 0 Å². The van der Waals surface area contributed by atoms with Crippen LogP contribution in [-0.2, 0) is 0 Å². The van der Waals surface area contributed by atoms with Crippen molar-refractivity contribution in [2.45, 2.75) is 32.7 Å². The number of rotatable bonds is 7. The molecule has 0 radical (unpaired) electrons. The Morgan fingerprint density at radius 2 is 1.90 bits per heavy atom. The van der Waals surface area contributed by atoms with Gasteiger partial charge in [-0.25, -0.2) is 0 Å². The standard InChI is InChI=1S/C18H24N2O/c1-4-12-19-16(5-2)14-8-10-15(11-9-14)18-17(21-3)7-6-13-20-18/h6-11,13,16,19H,4-5,12H2,1-3H3. The molecule has 0 aliphatic carbocycles. The summed E-state index contributed by atoms with van der Waals surface area (Å²) in [5, 5.41) is 3.58. The summed E-state index contributed by atoms with van der Waals surface area (Å²) in [4.78, 5) is 4.42. The summed E-state index contributed by atoms with van der Waals surface area (Å²) in [5.41, 5.74) is 3.30. The highest BCUT2D eigenvalue weighted by molar-refractivity contribution is 5.66. The van der Waals surface area contributed by atoms with E-state index in [0.29, 0.717) is 6.04 Å². The van der Waals surface area contributed by atoms with E-state index in [0.717, 1.165) is 36.4 Å². The van der Waals surface area contributed by atoms with E-state index in [2.05, 4.69) is 48.4 Å². The maximum Gasteiger partial charge on any atom is 0.145 e. The molecule has 112 valence electrons. The van der Waals surface area contributed by atoms with E-state index in [1.807, 2.05) is 12.1 Å². The molecule has 2 aromatic rings. The van der Waals surface area contributed by atoms with Crippen LogP contribution in [0.15, 0.2) is 42.6 Å². The highest BCUT2D eigenvalue weighted by Crippen LogP contribution is 2.28. The number of ether oxygens (including phenoxy) is 1. The van der Waals surface area contributed by atoms with Crippen LogP contribution < -0.4 is 10.1 Å². The van der Waals surface area contributed by atoms with Gasteiger partial charge in [-0.3, -0.25) is 4.98 Å². The number of nitrogens with zero attached hydrogens (tertiary/aromatic N) is 1. The van der Waals surface area contributed by atoms with Crippen LogP contribution in [0, 0.1) is 0 Å². The van der Waals surface area contributed by atoms with Gasteiger partial charge < -0.3 is 10.1 Å². The quantitative estimate of drug-likeness (QED) is 0.827. The van der Waals surface area contributed by atoms with Gasteiger partial charge in [0.25, 0.3) is 0 Å². The first-order chi connectivity index (χ1) is 10.3. The predicted octanol–water partition coefficient (Wildman–Crippen LogP) is 4.21. The van der Waals surface area contributed by atoms with E-state index in [1.165, 1.54) is 5.56 Å². The van der Waals surface area contributed by atoms with Gasteiger partial charge in [-0.15, -0.1) is 0 Å². The summed E-state index contributed by atoms with van der Waals surface area (Å²) >= 11 is 0. The zero-order valence-corrected chi connectivity index (χ0v) is 13.1. The zero-order valence-electron chi connectivity index (χ0n) is 13.1. The maximum absolute atomic E-state index is 5.38. The maximum atomic E-state index is 5.38. The molecular weight excluding hydrogens is 260 g/mol. The third-order valence-corrected chi connectivity index (χ3v) is 3.63. The molecule has 0 amide bonds. The Bertz CT molecular complexity index is 551. The first kappa shape index (κ1) is 15.5. The molecule has 1 unspecified atom stereocenters. The fourth-order valence-corrected chi connectivity index (χ4v) is 2.46. The van der Waals surface area contributed by atoms with Crippen LogP contribution in [0.3, 0.4) is 0 Å². The molecule has 0 spiro atoms. The molecular formula is C18H24N2O. The Morgan fingerprint density at radius 1 is 1.14 bits per heavy atom. The van der Waals surface area contributed by atoms with E-state index >= 15 is 0 Å². The van der Waals surface area contributed by atoms with Crippen LogP contribution >= 0.6 is 0 Å². The number of aromatic nitrogens is 1. The highest BCUT2D eigenvalue weighted by atomic mass is 16.5. The van der Waals surface area contributed by atoms with Gasteiger partial charge in [-0.05, 0) is 37.1 Å². The average molecular weight is 284 g/mol. The summed E-state index contributed by atoms with van der Waals surface area (Å²) in [7, 11) is 1.68. The molecule has 0 saturated heterocycles. The van der Waals surface area contributed by atoms with Crippen LogP contribution in [0.4, 0.5) is 0 Å². The molecule has 1 N–H and O–H groups in total. The van der Waals surface area contributed by atoms with Gasteiger partial charge in [-0.1, -0.05) is 38.1 Å². The fourth-order valence-electron chi connectivity index (χ4n) is 2.46. The second-order valence-electron chi connectivity index (χ2n) is 5.09. The predicted molar refractivity (Wildman–Crippen MR) is 87.6 cm³/mol. The normalized spacial score (nSPS) is 12.1. The largest absolute Gasteiger partial charge is 0.494 e. The summed E-state index contributed by atoms with van der Waals surface area (Å²) in [6, 6.07) is 12.9. The van der Waals surface area contributed by atoms with Crippen LogP contribution in [0.1, 0.15) is 38.3 Å². The Kier molecular flexibility index (Phi) is 5.76. The monoisotopic (exact) mass is 284 g/mol. The molecule has 3 nitrogen and oxygen atoms in total. The molecule has 1 aromatic heterocycles. The minimum Gasteiger partial charge on any atom is -0.494 e. The summed E-state index contributed by atoms with van der Waals surface area (Å²) in [6.07, 6.45) is 4.04. The summed E-state index contributed by atoms with van der Waals surface area (Å²) in [6.45, 7) is 5.45. The minimum absolute atomic E-state index is 0.421. The smallest absolute Gasteiger partial charge is 0.145 e. The Labute approximate surface area is 127 Å². The molecule has 1 atom stereocenters. The molecule has 0 bridgehead atoms. The molecule has 0 aliphatic heterocycles. The Hall–Kier alpha value is -1.87. The molecule has 3 heteroatoms. The van der Waals surface area contributed by atoms with Gasteiger partial charge in [0, 0.05) is 17.8 Å². The van der Waals surface area contributed by atoms with Crippen molar-refractivity contribution in [1.82, 2.24) is 10.3 Å². The second-order valence-corrected chi connectivity index (χ2v) is 5.09. The lowest BCUT2D eigenvalue weighted by atomic mass is 10.0. The molecule has 0 fully saturated rings. The average Bonchev–Trinajstić information content (AvgIpc) is 2.56. The van der Waals surface area contributed by atoms with Crippen molar-refractivity contribution < 1.29 is 4.74 Å². The first-order valence-electron chi connectivity index (χ1n) is 7.62. The topological polar surface area (TPSA) is 34.2 Å². The molecule has 21 heavy (non-hydrogen) atoms. The van der Waals surface area contributed by atoms with Gasteiger partial charge in [0.1, 0.15) is 11.4 Å². The van der Waals surface area contributed by atoms with Crippen molar-refractivity contribution in [3.05, 3.63) is 48.2 Å². The number of nitrogens with one attached hydrogen (secondary N) is 1. The van der Waals surface area contributed by atoms with E-state index in [4.69, 9.17) is 4.74 Å². The fraction of sp³-hybridized carbons (Fsp3) is 0.389. The summed E-state index contributed by atoms with van der Waals surface area (Å²) < 4.78 is 5.38. The van der Waals surface area contributed by atoms with E-state index < -0.39 is 0 Å². The van der Waals surface area contributed by atoms with Crippen molar-refractivity contribution in [1.29, 1.82) is 0 Å². The zero-order chi connectivity index (χ0) is 15.1. The first-order valence-corrected chi connectivity index (χ1v) is 7.62. The lowest BCUT2D eigenvalue weighted by Crippen LogP contribution is -2.21. The van der Waals surface area contributed by atoms with E-state index in [1.54, 1.807) is 13.3 Å². The van der Waals surface area contributed by atoms with Gasteiger partial charge in [-0.2, -0.15) is 0 Å². The van der Waals surface area contributed by atoms with Crippen molar-refractivity contribution >= 4 is 0 Å². The van der Waals surface area contributed by atoms with Crippen LogP contribution in [-0.4, -0.2) is 18.6 Å². The molecule has 0 aliphatic rings. The molecule has 1 heterocycles. The van der Waals surface area contributed by atoms with Crippen molar-refractivity contribution in [2.75, 3.05) is 13.7 Å². The lowest BCUT2D eigenvalue weighted by Gasteiger charge is -2.17. The van der Waals surface area contributed by atoms with Gasteiger partial charge in [0.05, 0.1) is 7.11 Å². The summed E-state index contributed by atoms with van der Waals surface area (Å²) in [5.74, 6) is 0.807. The number of pyridine rings is 1. The molecule has 1 aromatic carbocycles. The number of benzene rings is 1. The van der Waals surface area contributed by atoms with Crippen molar-refractivity contribution in [3.63, 3.8) is 0 Å². The number of hydrogen-bond donors (Lipinski definition) is 1. The molecule has 2 rings (SSSR count). The number of methoxy groups -OCH3 is 1. The van der Waals surface area contributed by atoms with E-state index in [9.17, 15) is 0 Å². The van der Waals surface area contributed by atoms with E-state index in [-0.39, 0.29) is 0 Å². The third-order valence-electron chi connectivity index (χ3n) is 3.63. The third kappa shape index (κ3) is 3.82. The van der Waals surface area contributed by atoms with Gasteiger partial charge >= 0.3 is 0 Å². The second kappa shape index (κ2) is 7.79. The minimum atomic E-state index is 0.421.